The summed E-state index contributed by atoms with van der Waals surface area (Å²) in [5.41, 5.74) is 0.352. The first kappa shape index (κ1) is 28.7. The van der Waals surface area contributed by atoms with Crippen molar-refractivity contribution in [3.8, 4) is 0 Å². The third kappa shape index (κ3) is 54.1. The molecule has 0 fully saturated rings. The van der Waals surface area contributed by atoms with Crippen molar-refractivity contribution >= 4 is 17.9 Å². The van der Waals surface area contributed by atoms with Crippen molar-refractivity contribution in [1.82, 2.24) is 0 Å². The Kier molecular flexibility index (Phi) is 24.4. The maximum atomic E-state index is 9.60. The Hall–Kier alpha value is -2.45. The van der Waals surface area contributed by atoms with Crippen LogP contribution in [0.15, 0.2) is 37.0 Å². The van der Waals surface area contributed by atoms with Crippen LogP contribution in [0.4, 0.5) is 0 Å². The van der Waals surface area contributed by atoms with Gasteiger partial charge in [0.2, 0.25) is 0 Å². The quantitative estimate of drug-likeness (QED) is 0.376. The van der Waals surface area contributed by atoms with Gasteiger partial charge in [0, 0.05) is 17.2 Å². The predicted molar refractivity (Wildman–Crippen MR) is 85.9 cm³/mol. The molecule has 0 aromatic heterocycles. The summed E-state index contributed by atoms with van der Waals surface area (Å²) in [6, 6.07) is 0. The van der Waals surface area contributed by atoms with Crippen molar-refractivity contribution in [1.29, 1.82) is 0 Å². The van der Waals surface area contributed by atoms with Gasteiger partial charge in [0.15, 0.2) is 6.29 Å². The Morgan fingerprint density at radius 1 is 0.957 bits per heavy atom. The number of aliphatic carboxylic acids is 3. The predicted octanol–water partition coefficient (Wildman–Crippen LogP) is 1.65. The summed E-state index contributed by atoms with van der Waals surface area (Å²) in [5.74, 6) is -2.85. The van der Waals surface area contributed by atoms with Crippen molar-refractivity contribution in [2.24, 2.45) is 0 Å². The van der Waals surface area contributed by atoms with Crippen LogP contribution in [0.25, 0.3) is 0 Å². The van der Waals surface area contributed by atoms with Gasteiger partial charge in [0.25, 0.3) is 0 Å². The highest BCUT2D eigenvalue weighted by atomic mass is 16.5. The van der Waals surface area contributed by atoms with Gasteiger partial charge in [-0.05, 0) is 20.3 Å². The van der Waals surface area contributed by atoms with Gasteiger partial charge < -0.3 is 25.5 Å². The lowest BCUT2D eigenvalue weighted by Crippen LogP contribution is -2.01. The molecule has 0 saturated heterocycles. The molecule has 8 nitrogen and oxygen atoms in total. The van der Waals surface area contributed by atoms with Crippen molar-refractivity contribution in [3.63, 3.8) is 0 Å². The van der Waals surface area contributed by atoms with Gasteiger partial charge in [-0.25, -0.2) is 14.4 Å². The number of aliphatic hydroxyl groups excluding tert-OH is 1. The van der Waals surface area contributed by atoms with Gasteiger partial charge in [-0.3, -0.25) is 0 Å². The minimum absolute atomic E-state index is 0.176. The number of carboxylic acids is 3. The molecule has 0 radical (unpaired) electrons. The van der Waals surface area contributed by atoms with Gasteiger partial charge in [0.05, 0.1) is 0 Å². The van der Waals surface area contributed by atoms with E-state index in [0.717, 1.165) is 12.5 Å². The third-order valence-corrected chi connectivity index (χ3v) is 1.45. The summed E-state index contributed by atoms with van der Waals surface area (Å²) in [6.45, 7) is 14.1. The second-order valence-corrected chi connectivity index (χ2v) is 3.98. The lowest BCUT2D eigenvalue weighted by molar-refractivity contribution is -0.133. The first-order valence-corrected chi connectivity index (χ1v) is 6.32. The zero-order chi connectivity index (χ0) is 19.6. The van der Waals surface area contributed by atoms with E-state index in [0.29, 0.717) is 6.42 Å². The highest BCUT2D eigenvalue weighted by molar-refractivity contribution is 5.85. The van der Waals surface area contributed by atoms with E-state index in [9.17, 15) is 14.4 Å². The normalized spacial score (nSPS) is 7.91. The lowest BCUT2D eigenvalue weighted by atomic mass is 10.3. The molecule has 8 heteroatoms. The third-order valence-electron chi connectivity index (χ3n) is 1.45. The Morgan fingerprint density at radius 2 is 1.17 bits per heavy atom. The molecule has 0 aliphatic rings. The summed E-state index contributed by atoms with van der Waals surface area (Å²) < 4.78 is 0. The van der Waals surface area contributed by atoms with Crippen LogP contribution >= 0.6 is 0 Å². The minimum Gasteiger partial charge on any atom is -0.478 e. The van der Waals surface area contributed by atoms with Crippen LogP contribution < -0.4 is 0 Å². The van der Waals surface area contributed by atoms with E-state index in [1.54, 1.807) is 0 Å². The topological polar surface area (TPSA) is 152 Å². The molecule has 0 saturated carbocycles. The molecule has 0 unspecified atom stereocenters. The van der Waals surface area contributed by atoms with E-state index in [4.69, 9.17) is 25.5 Å². The molecule has 0 bridgehead atoms. The second kappa shape index (κ2) is 19.6. The largest absolute Gasteiger partial charge is 0.478 e. The number of hydrogen-bond donors (Lipinski definition) is 5. The van der Waals surface area contributed by atoms with Crippen LogP contribution in [0.1, 0.15) is 33.6 Å². The molecule has 5 N–H and O–H groups in total. The number of rotatable bonds is 5. The fourth-order valence-corrected chi connectivity index (χ4v) is 0.258. The first-order chi connectivity index (χ1) is 10.3. The summed E-state index contributed by atoms with van der Waals surface area (Å²) >= 11 is 0. The van der Waals surface area contributed by atoms with E-state index in [1.165, 1.54) is 13.8 Å². The average molecular weight is 334 g/mol. The molecule has 0 spiro atoms. The maximum absolute atomic E-state index is 9.60. The molecule has 134 valence electrons. The van der Waals surface area contributed by atoms with E-state index >= 15 is 0 Å². The van der Waals surface area contributed by atoms with E-state index in [-0.39, 0.29) is 11.1 Å². The van der Waals surface area contributed by atoms with Gasteiger partial charge in [-0.15, -0.1) is 0 Å². The Labute approximate surface area is 135 Å². The van der Waals surface area contributed by atoms with Gasteiger partial charge in [0.1, 0.15) is 0 Å². The van der Waals surface area contributed by atoms with E-state index in [1.807, 2.05) is 6.92 Å². The van der Waals surface area contributed by atoms with Crippen LogP contribution in [-0.4, -0.2) is 49.7 Å². The molecular formula is C15H26O8. The number of hydrogen-bond acceptors (Lipinski definition) is 5. The van der Waals surface area contributed by atoms with Gasteiger partial charge >= 0.3 is 17.9 Å². The van der Waals surface area contributed by atoms with Crippen molar-refractivity contribution < 1.29 is 39.9 Å². The Balaban J connectivity index is -0.000000105. The number of carbonyl (C=O) groups is 3. The van der Waals surface area contributed by atoms with E-state index in [2.05, 4.69) is 19.7 Å². The molecule has 0 amide bonds. The fraction of sp³-hybridized carbons (Fsp3) is 0.400. The number of carboxylic acid groups (broad SMARTS) is 3. The lowest BCUT2D eigenvalue weighted by Gasteiger charge is -1.94. The molecule has 0 aliphatic carbocycles. The van der Waals surface area contributed by atoms with Crippen LogP contribution in [0.3, 0.4) is 0 Å². The number of aliphatic hydroxyl groups is 2. The maximum Gasteiger partial charge on any atom is 0.330 e. The summed E-state index contributed by atoms with van der Waals surface area (Å²) in [7, 11) is 0. The van der Waals surface area contributed by atoms with Crippen LogP contribution in [0.2, 0.25) is 0 Å². The Morgan fingerprint density at radius 3 is 1.17 bits per heavy atom. The molecule has 0 rings (SSSR count). The van der Waals surface area contributed by atoms with Gasteiger partial charge in [-0.2, -0.15) is 0 Å². The minimum atomic E-state index is -1.10. The van der Waals surface area contributed by atoms with Crippen LogP contribution in [0.5, 0.6) is 0 Å². The average Bonchev–Trinajstić information content (AvgIpc) is 2.40. The molecule has 23 heavy (non-hydrogen) atoms. The highest BCUT2D eigenvalue weighted by Crippen LogP contribution is 1.88. The molecular weight excluding hydrogens is 308 g/mol. The molecule has 0 aromatic rings. The summed E-state index contributed by atoms with van der Waals surface area (Å²) in [5, 5.41) is 39.6. The standard InChI is InChI=1S/2C4H6O2.C4H10O2.C3H4O2/c2*1-3(2)4(5)6;1-2-3-4(5)6;1-2-3(4)5/h2*1H2,2H3,(H,5,6);4-6H,2-3H2,1H3;2H,1H2,(H,4,5). The molecule has 0 heterocycles. The first-order valence-electron chi connectivity index (χ1n) is 6.32. The van der Waals surface area contributed by atoms with Crippen molar-refractivity contribution in [2.75, 3.05) is 0 Å². The van der Waals surface area contributed by atoms with Crippen molar-refractivity contribution in [2.45, 2.75) is 39.9 Å². The zero-order valence-corrected chi connectivity index (χ0v) is 13.7. The second-order valence-electron chi connectivity index (χ2n) is 3.98. The molecule has 0 atom stereocenters. The molecule has 0 aromatic carbocycles. The highest BCUT2D eigenvalue weighted by Gasteiger charge is 1.91. The summed E-state index contributed by atoms with van der Waals surface area (Å²) in [6.07, 6.45) is 1.05. The monoisotopic (exact) mass is 334 g/mol. The summed E-state index contributed by atoms with van der Waals surface area (Å²) in [4.78, 5) is 28.4. The van der Waals surface area contributed by atoms with E-state index < -0.39 is 24.2 Å². The fourth-order valence-electron chi connectivity index (χ4n) is 0.258. The van der Waals surface area contributed by atoms with Gasteiger partial charge in [-0.1, -0.05) is 33.1 Å². The SMILES string of the molecule is C=C(C)C(=O)O.C=C(C)C(=O)O.C=CC(=O)O.CCCC(O)O. The van der Waals surface area contributed by atoms with Crippen molar-refractivity contribution in [3.05, 3.63) is 37.0 Å². The molecule has 0 aliphatic heterocycles. The zero-order valence-electron chi connectivity index (χ0n) is 13.7. The smallest absolute Gasteiger partial charge is 0.330 e. The van der Waals surface area contributed by atoms with Crippen LogP contribution in [-0.2, 0) is 14.4 Å². The Bertz CT molecular complexity index is 348. The van der Waals surface area contributed by atoms with Crippen LogP contribution in [0, 0.1) is 0 Å².